The van der Waals surface area contributed by atoms with Crippen LogP contribution in [-0.2, 0) is 4.74 Å². The fraction of sp³-hybridized carbons (Fsp3) is 0.429. The van der Waals surface area contributed by atoms with E-state index in [2.05, 4.69) is 22.0 Å². The number of nitrogen functional groups attached to an aromatic ring is 1. The van der Waals surface area contributed by atoms with E-state index in [1.54, 1.807) is 18.2 Å². The van der Waals surface area contributed by atoms with Crippen molar-refractivity contribution in [2.75, 3.05) is 32.0 Å². The van der Waals surface area contributed by atoms with E-state index < -0.39 is 0 Å². The molecule has 1 aromatic carbocycles. The average Bonchev–Trinajstić information content (AvgIpc) is 2.97. The first-order valence-electron chi connectivity index (χ1n) is 6.90. The Hall–Kier alpha value is -1.63. The third-order valence-electron chi connectivity index (χ3n) is 3.57. The lowest BCUT2D eigenvalue weighted by Crippen LogP contribution is -2.38. The maximum atomic E-state index is 5.93. The topological polar surface area (TPSA) is 77.4 Å². The van der Waals surface area contributed by atoms with Gasteiger partial charge in [0.25, 0.3) is 5.89 Å². The van der Waals surface area contributed by atoms with Gasteiger partial charge < -0.3 is 15.0 Å². The molecule has 1 atom stereocenters. The molecule has 0 aliphatic carbocycles. The Bertz CT molecular complexity index is 631. The van der Waals surface area contributed by atoms with Crippen LogP contribution in [0.1, 0.15) is 18.9 Å². The smallest absolute Gasteiger partial charge is 0.260 e. The zero-order valence-electron chi connectivity index (χ0n) is 11.8. The van der Waals surface area contributed by atoms with Gasteiger partial charge in [-0.2, -0.15) is 4.98 Å². The number of halogens is 1. The molecular formula is C14H17ClN4O2. The molecule has 2 aromatic rings. The van der Waals surface area contributed by atoms with E-state index in [-0.39, 0.29) is 6.10 Å². The summed E-state index contributed by atoms with van der Waals surface area (Å²) in [6, 6.07) is 5.18. The van der Waals surface area contributed by atoms with Gasteiger partial charge in [-0.25, -0.2) is 0 Å². The van der Waals surface area contributed by atoms with Gasteiger partial charge in [-0.05, 0) is 24.7 Å². The summed E-state index contributed by atoms with van der Waals surface area (Å²) >= 11 is 5.89. The summed E-state index contributed by atoms with van der Waals surface area (Å²) < 4.78 is 11.0. The normalized spacial score (nSPS) is 19.8. The lowest BCUT2D eigenvalue weighted by Gasteiger charge is -2.30. The molecule has 0 amide bonds. The van der Waals surface area contributed by atoms with Crippen LogP contribution in [0.3, 0.4) is 0 Å². The van der Waals surface area contributed by atoms with E-state index in [0.29, 0.717) is 34.6 Å². The second-order valence-corrected chi connectivity index (χ2v) is 5.38. The van der Waals surface area contributed by atoms with E-state index in [1.165, 1.54) is 0 Å². The first-order chi connectivity index (χ1) is 10.2. The number of anilines is 1. The minimum Gasteiger partial charge on any atom is -0.398 e. The number of likely N-dealkylation sites (N-methyl/N-ethyl adjacent to an activating group) is 1. The molecule has 6 nitrogen and oxygen atoms in total. The predicted octanol–water partition coefficient (Wildman–Crippen LogP) is 2.37. The summed E-state index contributed by atoms with van der Waals surface area (Å²) in [6.07, 6.45) is -0.162. The van der Waals surface area contributed by atoms with E-state index >= 15 is 0 Å². The van der Waals surface area contributed by atoms with Crippen LogP contribution in [0.2, 0.25) is 5.02 Å². The van der Waals surface area contributed by atoms with Crippen molar-refractivity contribution >= 4 is 17.3 Å². The second-order valence-electron chi connectivity index (χ2n) is 4.94. The second kappa shape index (κ2) is 6.01. The lowest BCUT2D eigenvalue weighted by molar-refractivity contribution is -0.0334. The van der Waals surface area contributed by atoms with Gasteiger partial charge in [-0.3, -0.25) is 4.90 Å². The Balaban J connectivity index is 1.83. The number of ether oxygens (including phenoxy) is 1. The van der Waals surface area contributed by atoms with Crippen molar-refractivity contribution < 1.29 is 9.26 Å². The van der Waals surface area contributed by atoms with Crippen molar-refractivity contribution in [1.82, 2.24) is 15.0 Å². The molecule has 0 bridgehead atoms. The first-order valence-corrected chi connectivity index (χ1v) is 7.28. The Kier molecular flexibility index (Phi) is 4.10. The van der Waals surface area contributed by atoms with E-state index in [1.807, 2.05) is 0 Å². The minimum atomic E-state index is -0.162. The molecule has 7 heteroatoms. The van der Waals surface area contributed by atoms with Crippen LogP contribution in [0.4, 0.5) is 5.69 Å². The molecule has 2 N–H and O–H groups in total. The Labute approximate surface area is 127 Å². The number of aromatic nitrogens is 2. The minimum absolute atomic E-state index is 0.162. The number of hydrogen-bond acceptors (Lipinski definition) is 6. The molecular weight excluding hydrogens is 292 g/mol. The fourth-order valence-corrected chi connectivity index (χ4v) is 2.53. The van der Waals surface area contributed by atoms with Gasteiger partial charge in [0.15, 0.2) is 0 Å². The molecule has 1 fully saturated rings. The van der Waals surface area contributed by atoms with Gasteiger partial charge in [0.2, 0.25) is 5.82 Å². The highest BCUT2D eigenvalue weighted by molar-refractivity contribution is 6.31. The maximum Gasteiger partial charge on any atom is 0.260 e. The summed E-state index contributed by atoms with van der Waals surface area (Å²) in [6.45, 7) is 5.48. The van der Waals surface area contributed by atoms with Gasteiger partial charge >= 0.3 is 0 Å². The van der Waals surface area contributed by atoms with Gasteiger partial charge in [0, 0.05) is 23.8 Å². The Morgan fingerprint density at radius 2 is 2.33 bits per heavy atom. The Morgan fingerprint density at radius 3 is 3.10 bits per heavy atom. The third-order valence-corrected chi connectivity index (χ3v) is 3.81. The zero-order chi connectivity index (χ0) is 14.8. The van der Waals surface area contributed by atoms with Crippen molar-refractivity contribution in [3.8, 4) is 11.5 Å². The van der Waals surface area contributed by atoms with Gasteiger partial charge in [-0.15, -0.1) is 0 Å². The van der Waals surface area contributed by atoms with Gasteiger partial charge in [0.05, 0.1) is 12.2 Å². The predicted molar refractivity (Wildman–Crippen MR) is 80.0 cm³/mol. The molecule has 1 unspecified atom stereocenters. The van der Waals surface area contributed by atoms with Crippen LogP contribution in [0.25, 0.3) is 11.5 Å². The van der Waals surface area contributed by atoms with Crippen molar-refractivity contribution in [1.29, 1.82) is 0 Å². The number of benzene rings is 1. The van der Waals surface area contributed by atoms with Crippen molar-refractivity contribution in [3.05, 3.63) is 29.0 Å². The SMILES string of the molecule is CCN1CCOC(c2noc(-c3ccc(Cl)cc3N)n2)C1. The highest BCUT2D eigenvalue weighted by Gasteiger charge is 2.26. The summed E-state index contributed by atoms with van der Waals surface area (Å²) in [5.41, 5.74) is 7.13. The zero-order valence-corrected chi connectivity index (χ0v) is 12.5. The Morgan fingerprint density at radius 1 is 1.48 bits per heavy atom. The molecule has 2 heterocycles. The van der Waals surface area contributed by atoms with E-state index in [9.17, 15) is 0 Å². The number of rotatable bonds is 3. The van der Waals surface area contributed by atoms with E-state index in [4.69, 9.17) is 26.6 Å². The third kappa shape index (κ3) is 3.02. The molecule has 21 heavy (non-hydrogen) atoms. The van der Waals surface area contributed by atoms with Crippen molar-refractivity contribution in [3.63, 3.8) is 0 Å². The largest absolute Gasteiger partial charge is 0.398 e. The molecule has 0 saturated carbocycles. The van der Waals surface area contributed by atoms with Crippen LogP contribution < -0.4 is 5.73 Å². The summed E-state index contributed by atoms with van der Waals surface area (Å²) in [7, 11) is 0. The molecule has 1 aliphatic rings. The number of morpholine rings is 1. The quantitative estimate of drug-likeness (QED) is 0.877. The summed E-state index contributed by atoms with van der Waals surface area (Å²) in [4.78, 5) is 6.70. The van der Waals surface area contributed by atoms with Crippen LogP contribution in [-0.4, -0.2) is 41.3 Å². The highest BCUT2D eigenvalue weighted by Crippen LogP contribution is 2.29. The number of nitrogens with two attached hydrogens (primary N) is 1. The van der Waals surface area contributed by atoms with Gasteiger partial charge in [-0.1, -0.05) is 23.7 Å². The molecule has 0 radical (unpaired) electrons. The average molecular weight is 309 g/mol. The summed E-state index contributed by atoms with van der Waals surface area (Å²) in [5, 5.41) is 4.60. The first kappa shape index (κ1) is 14.3. The lowest BCUT2D eigenvalue weighted by atomic mass is 10.2. The molecule has 1 aromatic heterocycles. The van der Waals surface area contributed by atoms with Crippen molar-refractivity contribution in [2.45, 2.75) is 13.0 Å². The fourth-order valence-electron chi connectivity index (χ4n) is 2.35. The molecule has 1 aliphatic heterocycles. The standard InChI is InChI=1S/C14H17ClN4O2/c1-2-19-5-6-20-12(8-19)13-17-14(21-18-13)10-4-3-9(15)7-11(10)16/h3-4,7,12H,2,5-6,8,16H2,1H3. The van der Waals surface area contributed by atoms with Crippen LogP contribution in [0, 0.1) is 0 Å². The van der Waals surface area contributed by atoms with Gasteiger partial charge in [0.1, 0.15) is 6.10 Å². The monoisotopic (exact) mass is 308 g/mol. The maximum absolute atomic E-state index is 5.93. The van der Waals surface area contributed by atoms with Crippen LogP contribution >= 0.6 is 11.6 Å². The molecule has 0 spiro atoms. The number of hydrogen-bond donors (Lipinski definition) is 1. The molecule has 1 saturated heterocycles. The highest BCUT2D eigenvalue weighted by atomic mass is 35.5. The summed E-state index contributed by atoms with van der Waals surface area (Å²) in [5.74, 6) is 0.939. The van der Waals surface area contributed by atoms with Crippen LogP contribution in [0.5, 0.6) is 0 Å². The molecule has 112 valence electrons. The van der Waals surface area contributed by atoms with E-state index in [0.717, 1.165) is 19.6 Å². The number of nitrogens with zero attached hydrogens (tertiary/aromatic N) is 3. The van der Waals surface area contributed by atoms with Crippen LogP contribution in [0.15, 0.2) is 22.7 Å². The molecule has 3 rings (SSSR count). The van der Waals surface area contributed by atoms with Crippen molar-refractivity contribution in [2.24, 2.45) is 0 Å².